The monoisotopic (exact) mass is 478 g/mol. The molecule has 1 aromatic heterocycles. The summed E-state index contributed by atoms with van der Waals surface area (Å²) in [6.45, 7) is 3.66. The summed E-state index contributed by atoms with van der Waals surface area (Å²) >= 11 is 0. The molecule has 0 saturated heterocycles. The minimum Gasteiger partial charge on any atom is -0.454 e. The van der Waals surface area contributed by atoms with E-state index >= 15 is 0 Å². The second-order valence-corrected chi connectivity index (χ2v) is 8.69. The zero-order valence-electron chi connectivity index (χ0n) is 20.2. The molecular weight excluding hydrogens is 448 g/mol. The van der Waals surface area contributed by atoms with Crippen molar-refractivity contribution in [1.29, 1.82) is 0 Å². The molecule has 1 aliphatic rings. The van der Waals surface area contributed by atoms with Crippen LogP contribution < -0.4 is 25.5 Å². The number of fused-ring (bicyclic) bond motifs is 2. The molecule has 0 spiro atoms. The Morgan fingerprint density at radius 1 is 1.11 bits per heavy atom. The second kappa shape index (κ2) is 10.6. The summed E-state index contributed by atoms with van der Waals surface area (Å²) in [5.41, 5.74) is 1.10. The van der Waals surface area contributed by atoms with Gasteiger partial charge >= 0.3 is 0 Å². The first-order valence-corrected chi connectivity index (χ1v) is 11.6. The summed E-state index contributed by atoms with van der Waals surface area (Å²) in [5, 5.41) is 6.03. The van der Waals surface area contributed by atoms with Gasteiger partial charge in [0.2, 0.25) is 18.1 Å². The van der Waals surface area contributed by atoms with Crippen molar-refractivity contribution in [3.8, 4) is 11.5 Å². The van der Waals surface area contributed by atoms with Gasteiger partial charge in [-0.25, -0.2) is 0 Å². The van der Waals surface area contributed by atoms with Crippen molar-refractivity contribution in [2.24, 2.45) is 0 Å². The Balaban J connectivity index is 1.64. The summed E-state index contributed by atoms with van der Waals surface area (Å²) in [6.07, 6.45) is 1.83. The molecule has 1 unspecified atom stereocenters. The lowest BCUT2D eigenvalue weighted by Crippen LogP contribution is -2.49. The lowest BCUT2D eigenvalue weighted by Gasteiger charge is -2.20. The van der Waals surface area contributed by atoms with Crippen LogP contribution in [0.25, 0.3) is 10.9 Å². The van der Waals surface area contributed by atoms with Crippen molar-refractivity contribution in [1.82, 2.24) is 20.1 Å². The van der Waals surface area contributed by atoms with Crippen molar-refractivity contribution >= 4 is 22.7 Å². The molecule has 2 aromatic carbocycles. The smallest absolute Gasteiger partial charge is 0.257 e. The summed E-state index contributed by atoms with van der Waals surface area (Å²) in [7, 11) is 3.83. The number of carbonyl (C=O) groups excluding carboxylic acids is 2. The summed E-state index contributed by atoms with van der Waals surface area (Å²) in [4.78, 5) is 41.6. The highest BCUT2D eigenvalue weighted by Gasteiger charge is 2.25. The molecule has 2 amide bonds. The molecule has 4 rings (SSSR count). The number of hydrogen-bond acceptors (Lipinski definition) is 6. The third-order valence-corrected chi connectivity index (χ3v) is 5.92. The Kier molecular flexibility index (Phi) is 7.36. The molecule has 9 nitrogen and oxygen atoms in total. The molecule has 2 heterocycles. The van der Waals surface area contributed by atoms with Crippen molar-refractivity contribution in [2.45, 2.75) is 25.9 Å². The number of pyridine rings is 1. The van der Waals surface area contributed by atoms with Gasteiger partial charge in [0.15, 0.2) is 11.5 Å². The van der Waals surface area contributed by atoms with Crippen LogP contribution in [0.1, 0.15) is 22.8 Å². The highest BCUT2D eigenvalue weighted by molar-refractivity contribution is 6.00. The molecule has 1 aliphatic heterocycles. The van der Waals surface area contributed by atoms with Crippen LogP contribution in [-0.4, -0.2) is 61.3 Å². The summed E-state index contributed by atoms with van der Waals surface area (Å²) in [6, 6.07) is 12.0. The molecule has 3 aromatic rings. The first kappa shape index (κ1) is 24.3. The predicted molar refractivity (Wildman–Crippen MR) is 133 cm³/mol. The number of benzene rings is 2. The molecule has 0 fully saturated rings. The lowest BCUT2D eigenvalue weighted by atomic mass is 10.0. The molecule has 2 N–H and O–H groups in total. The fourth-order valence-electron chi connectivity index (χ4n) is 4.02. The van der Waals surface area contributed by atoms with E-state index in [2.05, 4.69) is 10.6 Å². The van der Waals surface area contributed by atoms with Gasteiger partial charge in [-0.2, -0.15) is 0 Å². The van der Waals surface area contributed by atoms with E-state index in [9.17, 15) is 14.4 Å². The number of likely N-dealkylation sites (N-methyl/N-ethyl adjacent to an activating group) is 1. The van der Waals surface area contributed by atoms with Gasteiger partial charge in [-0.15, -0.1) is 0 Å². The minimum atomic E-state index is -0.839. The van der Waals surface area contributed by atoms with Crippen LogP contribution in [-0.2, 0) is 17.8 Å². The van der Waals surface area contributed by atoms with Crippen molar-refractivity contribution in [3.63, 3.8) is 0 Å². The molecular formula is C26H30N4O5. The quantitative estimate of drug-likeness (QED) is 0.486. The minimum absolute atomic E-state index is 0.0302. The maximum atomic E-state index is 13.3. The van der Waals surface area contributed by atoms with Crippen molar-refractivity contribution < 1.29 is 19.1 Å². The molecule has 9 heteroatoms. The average molecular weight is 479 g/mol. The van der Waals surface area contributed by atoms with Gasteiger partial charge in [0, 0.05) is 38.3 Å². The van der Waals surface area contributed by atoms with Gasteiger partial charge in [-0.3, -0.25) is 14.4 Å². The van der Waals surface area contributed by atoms with E-state index in [1.54, 1.807) is 12.1 Å². The number of ether oxygens (including phenoxy) is 2. The second-order valence-electron chi connectivity index (χ2n) is 8.69. The zero-order valence-corrected chi connectivity index (χ0v) is 20.2. The van der Waals surface area contributed by atoms with Gasteiger partial charge in [-0.05, 0) is 32.6 Å². The number of aromatic nitrogens is 1. The van der Waals surface area contributed by atoms with E-state index < -0.39 is 17.4 Å². The first-order valence-electron chi connectivity index (χ1n) is 11.6. The van der Waals surface area contributed by atoms with E-state index in [0.29, 0.717) is 48.5 Å². The van der Waals surface area contributed by atoms with Crippen LogP contribution in [0.15, 0.2) is 53.5 Å². The first-order chi connectivity index (χ1) is 16.9. The maximum absolute atomic E-state index is 13.3. The number of aryl methyl sites for hydroxylation is 1. The van der Waals surface area contributed by atoms with Gasteiger partial charge in [0.1, 0.15) is 11.6 Å². The fourth-order valence-corrected chi connectivity index (χ4v) is 4.02. The molecule has 1 atom stereocenters. The molecule has 0 saturated carbocycles. The van der Waals surface area contributed by atoms with E-state index in [1.807, 2.05) is 60.8 Å². The van der Waals surface area contributed by atoms with Crippen LogP contribution >= 0.6 is 0 Å². The largest absolute Gasteiger partial charge is 0.454 e. The Morgan fingerprint density at radius 3 is 2.51 bits per heavy atom. The Labute approximate surface area is 203 Å². The topological polar surface area (TPSA) is 102 Å². The molecule has 35 heavy (non-hydrogen) atoms. The number of rotatable bonds is 9. The summed E-state index contributed by atoms with van der Waals surface area (Å²) in [5.74, 6) is 0.134. The van der Waals surface area contributed by atoms with Crippen LogP contribution in [0.3, 0.4) is 0 Å². The highest BCUT2D eigenvalue weighted by atomic mass is 16.7. The predicted octanol–water partition coefficient (Wildman–Crippen LogP) is 1.77. The van der Waals surface area contributed by atoms with Crippen LogP contribution in [0.2, 0.25) is 0 Å². The van der Waals surface area contributed by atoms with Gasteiger partial charge in [0.25, 0.3) is 5.91 Å². The lowest BCUT2D eigenvalue weighted by molar-refractivity contribution is -0.123. The van der Waals surface area contributed by atoms with Crippen LogP contribution in [0.4, 0.5) is 0 Å². The van der Waals surface area contributed by atoms with Crippen molar-refractivity contribution in [3.05, 3.63) is 70.0 Å². The number of hydrogen-bond donors (Lipinski definition) is 2. The third-order valence-electron chi connectivity index (χ3n) is 5.92. The van der Waals surface area contributed by atoms with E-state index in [-0.39, 0.29) is 18.3 Å². The average Bonchev–Trinajstić information content (AvgIpc) is 3.31. The zero-order chi connectivity index (χ0) is 24.9. The fraction of sp³-hybridized carbons (Fsp3) is 0.346. The van der Waals surface area contributed by atoms with E-state index in [4.69, 9.17) is 9.47 Å². The normalized spacial score (nSPS) is 13.1. The van der Waals surface area contributed by atoms with E-state index in [0.717, 1.165) is 5.56 Å². The van der Waals surface area contributed by atoms with Gasteiger partial charge < -0.3 is 29.6 Å². The van der Waals surface area contributed by atoms with Gasteiger partial charge in [-0.1, -0.05) is 30.3 Å². The van der Waals surface area contributed by atoms with Crippen LogP contribution in [0, 0.1) is 0 Å². The molecule has 184 valence electrons. The van der Waals surface area contributed by atoms with E-state index in [1.165, 1.54) is 6.20 Å². The number of amides is 2. The Hall–Kier alpha value is -3.85. The van der Waals surface area contributed by atoms with Gasteiger partial charge in [0.05, 0.1) is 10.9 Å². The standard InChI is InChI=1S/C26H30N4O5/c1-4-30-15-19(24(31)18-13-22-23(14-21(18)30)35-16-34-22)25(32)28-20(12-17-8-6-5-7-9-17)26(33)27-10-11-29(2)3/h5-9,13-15,20H,4,10-12,16H2,1-3H3,(H,27,33)(H,28,32). The van der Waals surface area contributed by atoms with Crippen molar-refractivity contribution in [2.75, 3.05) is 34.0 Å². The third kappa shape index (κ3) is 5.46. The maximum Gasteiger partial charge on any atom is 0.257 e. The highest BCUT2D eigenvalue weighted by Crippen LogP contribution is 2.35. The SMILES string of the molecule is CCn1cc(C(=O)NC(Cc2ccccc2)C(=O)NCCN(C)C)c(=O)c2cc3c(cc21)OCO3. The molecule has 0 aliphatic carbocycles. The Morgan fingerprint density at radius 2 is 1.83 bits per heavy atom. The Bertz CT molecular complexity index is 1290. The summed E-state index contributed by atoms with van der Waals surface area (Å²) < 4.78 is 12.7. The molecule has 0 bridgehead atoms. The number of carbonyl (C=O) groups is 2. The number of nitrogens with one attached hydrogen (secondary N) is 2. The molecule has 0 radical (unpaired) electrons. The van der Waals surface area contributed by atoms with Crippen LogP contribution in [0.5, 0.6) is 11.5 Å². The number of nitrogens with zero attached hydrogens (tertiary/aromatic N) is 2.